The molecule has 2 unspecified atom stereocenters. The highest BCUT2D eigenvalue weighted by molar-refractivity contribution is 7.10. The Labute approximate surface area is 95.3 Å². The van der Waals surface area contributed by atoms with Crippen molar-refractivity contribution in [1.29, 1.82) is 0 Å². The monoisotopic (exact) mass is 225 g/mol. The highest BCUT2D eigenvalue weighted by Crippen LogP contribution is 2.24. The molecule has 2 rings (SSSR count). The van der Waals surface area contributed by atoms with E-state index >= 15 is 0 Å². The summed E-state index contributed by atoms with van der Waals surface area (Å²) in [6.45, 7) is 2.16. The van der Waals surface area contributed by atoms with Crippen molar-refractivity contribution in [2.24, 2.45) is 0 Å². The van der Waals surface area contributed by atoms with Crippen molar-refractivity contribution in [3.8, 4) is 0 Å². The van der Waals surface area contributed by atoms with Crippen LogP contribution in [-0.2, 0) is 0 Å². The van der Waals surface area contributed by atoms with Gasteiger partial charge in [0.15, 0.2) is 0 Å². The highest BCUT2D eigenvalue weighted by Gasteiger charge is 2.20. The van der Waals surface area contributed by atoms with Gasteiger partial charge in [0.05, 0.1) is 6.10 Å². The summed E-state index contributed by atoms with van der Waals surface area (Å²) < 4.78 is 0. The number of hydrogen-bond donors (Lipinski definition) is 2. The van der Waals surface area contributed by atoms with Gasteiger partial charge in [-0.2, -0.15) is 0 Å². The lowest BCUT2D eigenvalue weighted by Gasteiger charge is -2.30. The summed E-state index contributed by atoms with van der Waals surface area (Å²) in [6.07, 6.45) is 4.49. The van der Waals surface area contributed by atoms with Gasteiger partial charge >= 0.3 is 0 Å². The van der Waals surface area contributed by atoms with E-state index in [-0.39, 0.29) is 6.10 Å². The largest absolute Gasteiger partial charge is 0.388 e. The van der Waals surface area contributed by atoms with Gasteiger partial charge in [0.25, 0.3) is 0 Å². The fraction of sp³-hybridized carbons (Fsp3) is 0.667. The molecule has 1 aromatic rings. The maximum absolute atomic E-state index is 9.95. The average Bonchev–Trinajstić information content (AvgIpc) is 2.64. The van der Waals surface area contributed by atoms with Gasteiger partial charge in [-0.1, -0.05) is 12.5 Å². The van der Waals surface area contributed by atoms with Crippen LogP contribution in [0.5, 0.6) is 0 Å². The number of hydrogen-bond acceptors (Lipinski definition) is 3. The summed E-state index contributed by atoms with van der Waals surface area (Å²) in [6, 6.07) is 5.11. The zero-order chi connectivity index (χ0) is 10.7. The molecule has 0 spiro atoms. The molecule has 1 aromatic heterocycles. The first-order chi connectivity index (χ1) is 7.25. The molecule has 2 nitrogen and oxygen atoms in total. The van der Waals surface area contributed by atoms with E-state index in [1.165, 1.54) is 19.3 Å². The molecule has 1 aliphatic rings. The fourth-order valence-corrected chi connectivity index (χ4v) is 2.70. The molecule has 0 radical (unpaired) electrons. The van der Waals surface area contributed by atoms with Crippen molar-refractivity contribution in [3.63, 3.8) is 0 Å². The van der Waals surface area contributed by atoms with E-state index in [9.17, 15) is 5.11 Å². The molecule has 1 saturated carbocycles. The first-order valence-corrected chi connectivity index (χ1v) is 6.61. The van der Waals surface area contributed by atoms with Crippen LogP contribution < -0.4 is 5.32 Å². The third-order valence-corrected chi connectivity index (χ3v) is 4.05. The quantitative estimate of drug-likeness (QED) is 0.807. The predicted molar refractivity (Wildman–Crippen MR) is 64.1 cm³/mol. The normalized spacial score (nSPS) is 20.9. The molecule has 2 N–H and O–H groups in total. The van der Waals surface area contributed by atoms with Gasteiger partial charge in [0, 0.05) is 17.0 Å². The van der Waals surface area contributed by atoms with Crippen LogP contribution in [0.4, 0.5) is 0 Å². The molecule has 0 bridgehead atoms. The number of aliphatic hydroxyl groups excluding tert-OH is 1. The Morgan fingerprint density at radius 1 is 1.60 bits per heavy atom. The van der Waals surface area contributed by atoms with Gasteiger partial charge in [0.1, 0.15) is 0 Å². The van der Waals surface area contributed by atoms with E-state index in [4.69, 9.17) is 0 Å². The SMILES string of the molecule is CC(CC(O)c1cccs1)NC1CCC1. The minimum absolute atomic E-state index is 0.299. The molecular weight excluding hydrogens is 206 g/mol. The van der Waals surface area contributed by atoms with Crippen molar-refractivity contribution in [1.82, 2.24) is 5.32 Å². The molecule has 0 saturated heterocycles. The predicted octanol–water partition coefficient (Wildman–Crippen LogP) is 2.70. The Hall–Kier alpha value is -0.380. The fourth-order valence-electron chi connectivity index (χ4n) is 1.98. The van der Waals surface area contributed by atoms with Gasteiger partial charge in [-0.05, 0) is 37.6 Å². The molecule has 1 fully saturated rings. The molecule has 1 aliphatic carbocycles. The second kappa shape index (κ2) is 5.10. The van der Waals surface area contributed by atoms with Crippen LogP contribution in [0.15, 0.2) is 17.5 Å². The molecule has 15 heavy (non-hydrogen) atoms. The summed E-state index contributed by atoms with van der Waals surface area (Å²) in [7, 11) is 0. The van der Waals surface area contributed by atoms with Crippen LogP contribution >= 0.6 is 11.3 Å². The van der Waals surface area contributed by atoms with Crippen LogP contribution in [0.1, 0.15) is 43.6 Å². The molecule has 0 amide bonds. The molecule has 0 aliphatic heterocycles. The Balaban J connectivity index is 1.75. The second-order valence-electron chi connectivity index (χ2n) is 4.46. The number of nitrogens with one attached hydrogen (secondary N) is 1. The maximum atomic E-state index is 9.95. The first kappa shape index (κ1) is 11.1. The Morgan fingerprint density at radius 3 is 2.93 bits per heavy atom. The van der Waals surface area contributed by atoms with Crippen molar-refractivity contribution < 1.29 is 5.11 Å². The third-order valence-electron chi connectivity index (χ3n) is 3.07. The summed E-state index contributed by atoms with van der Waals surface area (Å²) >= 11 is 1.63. The zero-order valence-corrected chi connectivity index (χ0v) is 9.96. The van der Waals surface area contributed by atoms with E-state index in [0.717, 1.165) is 11.3 Å². The molecular formula is C12H19NOS. The zero-order valence-electron chi connectivity index (χ0n) is 9.15. The van der Waals surface area contributed by atoms with E-state index in [1.807, 2.05) is 17.5 Å². The van der Waals surface area contributed by atoms with E-state index in [0.29, 0.717) is 12.1 Å². The standard InChI is InChI=1S/C12H19NOS/c1-9(13-10-4-2-5-10)8-11(14)12-6-3-7-15-12/h3,6-7,9-11,13-14H,2,4-5,8H2,1H3. The summed E-state index contributed by atoms with van der Waals surface area (Å²) in [5, 5.41) is 15.5. The van der Waals surface area contributed by atoms with Crippen molar-refractivity contribution >= 4 is 11.3 Å². The van der Waals surface area contributed by atoms with Crippen LogP contribution in [0.25, 0.3) is 0 Å². The van der Waals surface area contributed by atoms with E-state index in [2.05, 4.69) is 12.2 Å². The average molecular weight is 225 g/mol. The highest BCUT2D eigenvalue weighted by atomic mass is 32.1. The molecule has 1 heterocycles. The first-order valence-electron chi connectivity index (χ1n) is 5.73. The topological polar surface area (TPSA) is 32.3 Å². The minimum Gasteiger partial charge on any atom is -0.388 e. The summed E-state index contributed by atoms with van der Waals surface area (Å²) in [5.41, 5.74) is 0. The van der Waals surface area contributed by atoms with Crippen molar-refractivity contribution in [2.75, 3.05) is 0 Å². The van der Waals surface area contributed by atoms with Crippen LogP contribution in [0.2, 0.25) is 0 Å². The summed E-state index contributed by atoms with van der Waals surface area (Å²) in [4.78, 5) is 1.08. The van der Waals surface area contributed by atoms with Gasteiger partial charge < -0.3 is 10.4 Å². The van der Waals surface area contributed by atoms with Crippen molar-refractivity contribution in [2.45, 2.75) is 50.8 Å². The van der Waals surface area contributed by atoms with Crippen LogP contribution in [0.3, 0.4) is 0 Å². The van der Waals surface area contributed by atoms with Crippen LogP contribution in [-0.4, -0.2) is 17.2 Å². The van der Waals surface area contributed by atoms with Crippen LogP contribution in [0, 0.1) is 0 Å². The Bertz CT molecular complexity index is 282. The molecule has 3 heteroatoms. The lowest BCUT2D eigenvalue weighted by molar-refractivity contribution is 0.150. The van der Waals surface area contributed by atoms with Gasteiger partial charge in [0.2, 0.25) is 0 Å². The molecule has 0 aromatic carbocycles. The smallest absolute Gasteiger partial charge is 0.0896 e. The van der Waals surface area contributed by atoms with Gasteiger partial charge in [-0.15, -0.1) is 11.3 Å². The van der Waals surface area contributed by atoms with Crippen molar-refractivity contribution in [3.05, 3.63) is 22.4 Å². The maximum Gasteiger partial charge on any atom is 0.0896 e. The van der Waals surface area contributed by atoms with Gasteiger partial charge in [-0.25, -0.2) is 0 Å². The van der Waals surface area contributed by atoms with Gasteiger partial charge in [-0.3, -0.25) is 0 Å². The second-order valence-corrected chi connectivity index (χ2v) is 5.44. The Morgan fingerprint density at radius 2 is 2.40 bits per heavy atom. The van der Waals surface area contributed by atoms with E-state index in [1.54, 1.807) is 11.3 Å². The number of thiophene rings is 1. The molecule has 84 valence electrons. The van der Waals surface area contributed by atoms with E-state index < -0.39 is 0 Å². The lowest BCUT2D eigenvalue weighted by atomic mass is 9.92. The lowest BCUT2D eigenvalue weighted by Crippen LogP contribution is -2.41. The summed E-state index contributed by atoms with van der Waals surface area (Å²) in [5.74, 6) is 0. The third kappa shape index (κ3) is 3.03. The molecule has 2 atom stereocenters. The number of aliphatic hydroxyl groups is 1. The Kier molecular flexibility index (Phi) is 3.78. The minimum atomic E-state index is -0.299. The number of rotatable bonds is 5.